The number of hydrogen-bond acceptors (Lipinski definition) is 4. The number of carbonyl (C=O) groups excluding carboxylic acids is 1. The summed E-state index contributed by atoms with van der Waals surface area (Å²) in [7, 11) is 0. The van der Waals surface area contributed by atoms with Gasteiger partial charge in [0.05, 0.1) is 5.56 Å². The molecule has 1 aromatic heterocycles. The number of nitrogens with one attached hydrogen (secondary N) is 2. The zero-order valence-corrected chi connectivity index (χ0v) is 18.1. The number of piperidine rings is 1. The maximum atomic E-state index is 13.7. The lowest BCUT2D eigenvalue weighted by molar-refractivity contribution is 0.0924. The molecule has 0 saturated carbocycles. The first-order chi connectivity index (χ1) is 13.6. The molecule has 2 N–H and O–H groups in total. The lowest BCUT2D eigenvalue weighted by Crippen LogP contribution is -2.50. The van der Waals surface area contributed by atoms with Crippen molar-refractivity contribution >= 4 is 36.5 Å². The van der Waals surface area contributed by atoms with Crippen LogP contribution in [0.3, 0.4) is 0 Å². The largest absolute Gasteiger partial charge is 0.357 e. The molecule has 4 rings (SSSR count). The minimum Gasteiger partial charge on any atom is -0.357 e. The molecule has 2 aromatic rings. The number of benzene rings is 1. The molecule has 164 valence electrons. The second-order valence-corrected chi connectivity index (χ2v) is 7.45. The zero-order valence-electron chi connectivity index (χ0n) is 16.4. The van der Waals surface area contributed by atoms with Crippen molar-refractivity contribution < 1.29 is 13.6 Å². The molecule has 0 bridgehead atoms. The molecule has 0 spiro atoms. The van der Waals surface area contributed by atoms with Crippen molar-refractivity contribution in [3.05, 3.63) is 59.3 Å². The number of halogens is 4. The summed E-state index contributed by atoms with van der Waals surface area (Å²) in [6.45, 7) is 3.35. The van der Waals surface area contributed by atoms with E-state index in [1.54, 1.807) is 18.3 Å². The molecule has 2 saturated heterocycles. The molecule has 30 heavy (non-hydrogen) atoms. The monoisotopic (exact) mass is 458 g/mol. The molecule has 2 fully saturated rings. The van der Waals surface area contributed by atoms with Crippen LogP contribution in [0.5, 0.6) is 0 Å². The van der Waals surface area contributed by atoms with E-state index in [0.717, 1.165) is 37.9 Å². The Morgan fingerprint density at radius 3 is 2.53 bits per heavy atom. The van der Waals surface area contributed by atoms with Crippen LogP contribution in [0.15, 0.2) is 36.5 Å². The predicted octanol–water partition coefficient (Wildman–Crippen LogP) is 3.68. The van der Waals surface area contributed by atoms with Gasteiger partial charge in [-0.3, -0.25) is 4.79 Å². The van der Waals surface area contributed by atoms with E-state index in [2.05, 4.69) is 20.5 Å². The molecule has 9 heteroatoms. The molecule has 0 aliphatic carbocycles. The van der Waals surface area contributed by atoms with Crippen molar-refractivity contribution in [3.8, 4) is 0 Å². The molecular weight excluding hydrogens is 433 g/mol. The number of rotatable bonds is 4. The fraction of sp³-hybridized carbons (Fsp3) is 0.429. The Morgan fingerprint density at radius 1 is 1.10 bits per heavy atom. The highest BCUT2D eigenvalue weighted by Crippen LogP contribution is 2.27. The van der Waals surface area contributed by atoms with E-state index < -0.39 is 11.6 Å². The first-order valence-corrected chi connectivity index (χ1v) is 9.79. The predicted molar refractivity (Wildman–Crippen MR) is 118 cm³/mol. The summed E-state index contributed by atoms with van der Waals surface area (Å²) >= 11 is 0. The maximum absolute atomic E-state index is 13.7. The molecule has 1 aromatic carbocycles. The Balaban J connectivity index is 0.00000160. The Morgan fingerprint density at radius 2 is 1.87 bits per heavy atom. The molecule has 2 atom stereocenters. The molecule has 2 unspecified atom stereocenters. The molecule has 3 heterocycles. The quantitative estimate of drug-likeness (QED) is 0.733. The van der Waals surface area contributed by atoms with Crippen molar-refractivity contribution in [1.29, 1.82) is 0 Å². The van der Waals surface area contributed by atoms with Gasteiger partial charge in [0.15, 0.2) is 11.6 Å². The van der Waals surface area contributed by atoms with E-state index in [9.17, 15) is 13.6 Å². The summed E-state index contributed by atoms with van der Waals surface area (Å²) in [5.41, 5.74) is 1.20. The second-order valence-electron chi connectivity index (χ2n) is 7.45. The summed E-state index contributed by atoms with van der Waals surface area (Å²) < 4.78 is 26.9. The van der Waals surface area contributed by atoms with Crippen LogP contribution in [-0.4, -0.2) is 43.1 Å². The van der Waals surface area contributed by atoms with Gasteiger partial charge in [-0.2, -0.15) is 0 Å². The summed E-state index contributed by atoms with van der Waals surface area (Å²) in [6.07, 6.45) is 4.68. The Kier molecular flexibility index (Phi) is 8.82. The molecule has 2 aliphatic heterocycles. The highest BCUT2D eigenvalue weighted by atomic mass is 35.5. The van der Waals surface area contributed by atoms with E-state index in [4.69, 9.17) is 0 Å². The summed E-state index contributed by atoms with van der Waals surface area (Å²) in [6, 6.07) is 7.44. The topological polar surface area (TPSA) is 57.3 Å². The number of nitrogens with zero attached hydrogens (tertiary/aromatic N) is 2. The van der Waals surface area contributed by atoms with Gasteiger partial charge in [0.25, 0.3) is 5.91 Å². The fourth-order valence-electron chi connectivity index (χ4n) is 4.06. The number of amides is 1. The van der Waals surface area contributed by atoms with Gasteiger partial charge < -0.3 is 15.5 Å². The molecule has 2 aliphatic rings. The number of aromatic nitrogens is 1. The number of pyridine rings is 1. The lowest BCUT2D eigenvalue weighted by Gasteiger charge is -2.33. The van der Waals surface area contributed by atoms with Crippen molar-refractivity contribution in [2.45, 2.75) is 31.2 Å². The Labute approximate surface area is 187 Å². The van der Waals surface area contributed by atoms with Crippen molar-refractivity contribution in [2.75, 3.05) is 31.1 Å². The average molecular weight is 459 g/mol. The smallest absolute Gasteiger partial charge is 0.253 e. The Bertz CT molecular complexity index is 847. The normalized spacial score (nSPS) is 20.8. The van der Waals surface area contributed by atoms with Gasteiger partial charge in [0, 0.05) is 37.8 Å². The average Bonchev–Trinajstić information content (AvgIpc) is 3.25. The van der Waals surface area contributed by atoms with Gasteiger partial charge in [-0.05, 0) is 55.6 Å². The fourth-order valence-corrected chi connectivity index (χ4v) is 4.06. The number of anilines is 1. The second kappa shape index (κ2) is 10.9. The Hall–Kier alpha value is -1.96. The first kappa shape index (κ1) is 24.3. The van der Waals surface area contributed by atoms with Crippen molar-refractivity contribution in [2.24, 2.45) is 0 Å². The molecule has 5 nitrogen and oxygen atoms in total. The highest BCUT2D eigenvalue weighted by Gasteiger charge is 2.28. The number of carbonyl (C=O) groups is 1. The third kappa shape index (κ3) is 5.39. The van der Waals surface area contributed by atoms with E-state index in [-0.39, 0.29) is 42.7 Å². The summed E-state index contributed by atoms with van der Waals surface area (Å²) in [4.78, 5) is 19.4. The van der Waals surface area contributed by atoms with Crippen LogP contribution in [0, 0.1) is 11.6 Å². The molecule has 0 radical (unpaired) electrons. The van der Waals surface area contributed by atoms with Gasteiger partial charge >= 0.3 is 0 Å². The lowest BCUT2D eigenvalue weighted by atomic mass is 9.86. The third-order valence-electron chi connectivity index (χ3n) is 5.61. The van der Waals surface area contributed by atoms with Crippen LogP contribution < -0.4 is 15.5 Å². The van der Waals surface area contributed by atoms with E-state index in [0.29, 0.717) is 17.7 Å². The van der Waals surface area contributed by atoms with Gasteiger partial charge in [0.2, 0.25) is 0 Å². The van der Waals surface area contributed by atoms with E-state index >= 15 is 0 Å². The first-order valence-electron chi connectivity index (χ1n) is 9.79. The van der Waals surface area contributed by atoms with Crippen molar-refractivity contribution in [3.63, 3.8) is 0 Å². The van der Waals surface area contributed by atoms with Crippen LogP contribution in [-0.2, 0) is 0 Å². The minimum absolute atomic E-state index is 0. The summed E-state index contributed by atoms with van der Waals surface area (Å²) in [5.74, 6) is -1.10. The van der Waals surface area contributed by atoms with E-state index in [1.807, 2.05) is 6.07 Å². The third-order valence-corrected chi connectivity index (χ3v) is 5.61. The van der Waals surface area contributed by atoms with Crippen LogP contribution in [0.2, 0.25) is 0 Å². The highest BCUT2D eigenvalue weighted by molar-refractivity contribution is 5.94. The zero-order chi connectivity index (χ0) is 19.5. The number of hydrogen-bond donors (Lipinski definition) is 2. The van der Waals surface area contributed by atoms with E-state index in [1.165, 1.54) is 18.9 Å². The van der Waals surface area contributed by atoms with Crippen molar-refractivity contribution in [1.82, 2.24) is 15.6 Å². The SMILES string of the molecule is Cl.Cl.O=C(NC1CNCCC1c1ccc(F)c(F)c1)c1ccc(N2CCCC2)nc1. The maximum Gasteiger partial charge on any atom is 0.253 e. The van der Waals surface area contributed by atoms with Gasteiger partial charge in [-0.1, -0.05) is 6.07 Å². The molecule has 1 amide bonds. The van der Waals surface area contributed by atoms with Crippen LogP contribution in [0.4, 0.5) is 14.6 Å². The van der Waals surface area contributed by atoms with Crippen LogP contribution in [0.1, 0.15) is 41.1 Å². The standard InChI is InChI=1S/C21H24F2N4O.2ClH/c22-17-5-3-14(11-18(17)23)16-7-8-24-13-19(16)26-21(28)15-4-6-20(25-12-15)27-9-1-2-10-27;;/h3-6,11-12,16,19,24H,1-2,7-10,13H2,(H,26,28);2*1H. The van der Waals surface area contributed by atoms with Gasteiger partial charge in [-0.15, -0.1) is 24.8 Å². The minimum atomic E-state index is -0.859. The molecular formula is C21H26Cl2F2N4O. The summed E-state index contributed by atoms with van der Waals surface area (Å²) in [5, 5.41) is 6.29. The van der Waals surface area contributed by atoms with Gasteiger partial charge in [0.1, 0.15) is 5.82 Å². The van der Waals surface area contributed by atoms with Gasteiger partial charge in [-0.25, -0.2) is 13.8 Å². The van der Waals surface area contributed by atoms with Crippen LogP contribution >= 0.6 is 24.8 Å². The van der Waals surface area contributed by atoms with Crippen LogP contribution in [0.25, 0.3) is 0 Å².